The molecule has 9 heteroatoms. The van der Waals surface area contributed by atoms with E-state index < -0.39 is 38.2 Å². The molecule has 0 radical (unpaired) electrons. The molecule has 0 unspecified atom stereocenters. The largest absolute Gasteiger partial charge is 0.465 e. The minimum Gasteiger partial charge on any atom is -0.465 e. The van der Waals surface area contributed by atoms with Crippen LogP contribution in [0.2, 0.25) is 0 Å². The second-order valence-electron chi connectivity index (χ2n) is 4.61. The molecule has 2 aromatic rings. The Labute approximate surface area is 131 Å². The number of carbonyl (C=O) groups excluding carboxylic acids is 1. The van der Waals surface area contributed by atoms with E-state index in [0.29, 0.717) is 0 Å². The van der Waals surface area contributed by atoms with E-state index in [1.165, 1.54) is 13.8 Å². The molecule has 1 aromatic carbocycles. The topological polar surface area (TPSA) is 85.6 Å². The van der Waals surface area contributed by atoms with E-state index in [0.717, 1.165) is 25.3 Å². The van der Waals surface area contributed by atoms with Crippen molar-refractivity contribution < 1.29 is 31.1 Å². The number of para-hydroxylation sites is 1. The molecular formula is C14H13F2NO5S. The molecule has 0 aliphatic carbocycles. The molecule has 0 aliphatic rings. The lowest BCUT2D eigenvalue weighted by Gasteiger charge is -2.10. The Kier molecular flexibility index (Phi) is 4.42. The van der Waals surface area contributed by atoms with E-state index in [9.17, 15) is 22.0 Å². The second-order valence-corrected chi connectivity index (χ2v) is 6.23. The number of aryl methyl sites for hydroxylation is 2. The molecule has 23 heavy (non-hydrogen) atoms. The fourth-order valence-electron chi connectivity index (χ4n) is 2.11. The summed E-state index contributed by atoms with van der Waals surface area (Å²) in [5, 5.41) is 0. The maximum atomic E-state index is 13.6. The van der Waals surface area contributed by atoms with Gasteiger partial charge in [-0.25, -0.2) is 22.0 Å². The zero-order chi connectivity index (χ0) is 17.4. The normalized spacial score (nSPS) is 11.3. The molecule has 0 amide bonds. The van der Waals surface area contributed by atoms with Gasteiger partial charge in [0.05, 0.1) is 7.11 Å². The first-order chi connectivity index (χ1) is 10.7. The van der Waals surface area contributed by atoms with Crippen molar-refractivity contribution in [2.45, 2.75) is 18.7 Å². The summed E-state index contributed by atoms with van der Waals surface area (Å²) < 4.78 is 63.7. The van der Waals surface area contributed by atoms with Crippen LogP contribution in [0.1, 0.15) is 21.9 Å². The molecule has 0 bridgehead atoms. The van der Waals surface area contributed by atoms with Gasteiger partial charge in [0.15, 0.2) is 0 Å². The fourth-order valence-corrected chi connectivity index (χ4v) is 3.59. The third kappa shape index (κ3) is 3.04. The number of halogens is 2. The lowest BCUT2D eigenvalue weighted by atomic mass is 10.2. The van der Waals surface area contributed by atoms with Crippen LogP contribution in [-0.2, 0) is 14.8 Å². The molecule has 6 nitrogen and oxygen atoms in total. The Morgan fingerprint density at radius 1 is 1.17 bits per heavy atom. The van der Waals surface area contributed by atoms with E-state index in [4.69, 9.17) is 4.42 Å². The summed E-state index contributed by atoms with van der Waals surface area (Å²) in [6.07, 6.45) is 0. The number of anilines is 1. The minimum atomic E-state index is -4.48. The first kappa shape index (κ1) is 16.9. The standard InChI is InChI=1S/C14H13F2NO5S/c1-7-11(14(18)21-3)13(8(2)22-7)23(19,20)17-12-9(15)5-4-6-10(12)16/h4-6,17H,1-3H3. The van der Waals surface area contributed by atoms with Crippen LogP contribution >= 0.6 is 0 Å². The van der Waals surface area contributed by atoms with Gasteiger partial charge in [-0.2, -0.15) is 0 Å². The van der Waals surface area contributed by atoms with Gasteiger partial charge in [0, 0.05) is 0 Å². The van der Waals surface area contributed by atoms with Crippen LogP contribution in [0.25, 0.3) is 0 Å². The predicted octanol–water partition coefficient (Wildman–Crippen LogP) is 2.76. The van der Waals surface area contributed by atoms with Crippen LogP contribution in [0.15, 0.2) is 27.5 Å². The molecule has 1 N–H and O–H groups in total. The summed E-state index contributed by atoms with van der Waals surface area (Å²) in [6, 6.07) is 2.89. The Hall–Kier alpha value is -2.42. The van der Waals surface area contributed by atoms with Crippen LogP contribution in [0.4, 0.5) is 14.5 Å². The monoisotopic (exact) mass is 345 g/mol. The van der Waals surface area contributed by atoms with Crippen molar-refractivity contribution in [3.8, 4) is 0 Å². The van der Waals surface area contributed by atoms with Crippen LogP contribution in [0, 0.1) is 25.5 Å². The number of benzene rings is 1. The first-order valence-corrected chi connectivity index (χ1v) is 7.82. The number of furan rings is 1. The SMILES string of the molecule is COC(=O)c1c(C)oc(C)c1S(=O)(=O)Nc1c(F)cccc1F. The van der Waals surface area contributed by atoms with Crippen LogP contribution in [-0.4, -0.2) is 21.5 Å². The van der Waals surface area contributed by atoms with Gasteiger partial charge in [-0.05, 0) is 26.0 Å². The summed E-state index contributed by atoms with van der Waals surface area (Å²) in [6.45, 7) is 2.69. The van der Waals surface area contributed by atoms with Crippen molar-refractivity contribution in [3.63, 3.8) is 0 Å². The molecule has 0 saturated heterocycles. The predicted molar refractivity (Wildman–Crippen MR) is 76.7 cm³/mol. The number of hydrogen-bond donors (Lipinski definition) is 1. The van der Waals surface area contributed by atoms with Crippen LogP contribution < -0.4 is 4.72 Å². The number of rotatable bonds is 4. The number of carbonyl (C=O) groups is 1. The summed E-state index contributed by atoms with van der Waals surface area (Å²) in [7, 11) is -3.40. The molecule has 1 aromatic heterocycles. The average Bonchev–Trinajstić information content (AvgIpc) is 2.77. The van der Waals surface area contributed by atoms with Gasteiger partial charge in [-0.3, -0.25) is 4.72 Å². The van der Waals surface area contributed by atoms with E-state index in [2.05, 4.69) is 4.74 Å². The molecule has 0 aliphatic heterocycles. The highest BCUT2D eigenvalue weighted by atomic mass is 32.2. The Balaban J connectivity index is 2.60. The quantitative estimate of drug-likeness (QED) is 0.861. The number of methoxy groups -OCH3 is 1. The first-order valence-electron chi connectivity index (χ1n) is 6.34. The van der Waals surface area contributed by atoms with Gasteiger partial charge in [0.2, 0.25) is 0 Å². The van der Waals surface area contributed by atoms with E-state index in [1.807, 2.05) is 0 Å². The smallest absolute Gasteiger partial charge is 0.342 e. The van der Waals surface area contributed by atoms with Crippen molar-refractivity contribution in [1.82, 2.24) is 0 Å². The van der Waals surface area contributed by atoms with Gasteiger partial charge in [0.1, 0.15) is 39.3 Å². The average molecular weight is 345 g/mol. The highest BCUT2D eigenvalue weighted by Crippen LogP contribution is 2.30. The van der Waals surface area contributed by atoms with Gasteiger partial charge in [-0.15, -0.1) is 0 Å². The molecule has 0 atom stereocenters. The van der Waals surface area contributed by atoms with Crippen LogP contribution in [0.3, 0.4) is 0 Å². The molecule has 1 heterocycles. The van der Waals surface area contributed by atoms with Crippen molar-refractivity contribution in [2.24, 2.45) is 0 Å². The van der Waals surface area contributed by atoms with E-state index >= 15 is 0 Å². The minimum absolute atomic E-state index is 0.0173. The van der Waals surface area contributed by atoms with E-state index in [-0.39, 0.29) is 17.1 Å². The zero-order valence-corrected chi connectivity index (χ0v) is 13.3. The molecule has 0 fully saturated rings. The third-order valence-electron chi connectivity index (χ3n) is 3.06. The third-order valence-corrected chi connectivity index (χ3v) is 4.56. The second kappa shape index (κ2) is 5.99. The number of ether oxygens (including phenoxy) is 1. The van der Waals surface area contributed by atoms with Gasteiger partial charge in [0.25, 0.3) is 10.0 Å². The Morgan fingerprint density at radius 3 is 2.26 bits per heavy atom. The number of hydrogen-bond acceptors (Lipinski definition) is 5. The molecular weight excluding hydrogens is 332 g/mol. The number of nitrogens with one attached hydrogen (secondary N) is 1. The highest BCUT2D eigenvalue weighted by Gasteiger charge is 2.32. The Morgan fingerprint density at radius 2 is 1.74 bits per heavy atom. The van der Waals surface area contributed by atoms with Crippen LogP contribution in [0.5, 0.6) is 0 Å². The molecule has 0 spiro atoms. The maximum absolute atomic E-state index is 13.6. The lowest BCUT2D eigenvalue weighted by molar-refractivity contribution is 0.0595. The molecule has 2 rings (SSSR count). The maximum Gasteiger partial charge on any atom is 0.342 e. The fraction of sp³-hybridized carbons (Fsp3) is 0.214. The zero-order valence-electron chi connectivity index (χ0n) is 12.4. The lowest BCUT2D eigenvalue weighted by Crippen LogP contribution is -2.19. The Bertz CT molecular complexity index is 853. The van der Waals surface area contributed by atoms with Gasteiger partial charge in [-0.1, -0.05) is 6.07 Å². The number of esters is 1. The van der Waals surface area contributed by atoms with Crippen molar-refractivity contribution in [3.05, 3.63) is 46.9 Å². The van der Waals surface area contributed by atoms with Crippen molar-refractivity contribution >= 4 is 21.7 Å². The van der Waals surface area contributed by atoms with Crippen molar-refractivity contribution in [2.75, 3.05) is 11.8 Å². The number of sulfonamides is 1. The van der Waals surface area contributed by atoms with E-state index in [1.54, 1.807) is 4.72 Å². The van der Waals surface area contributed by atoms with Crippen molar-refractivity contribution in [1.29, 1.82) is 0 Å². The summed E-state index contributed by atoms with van der Waals surface area (Å²) in [4.78, 5) is 11.3. The summed E-state index contributed by atoms with van der Waals surface area (Å²) >= 11 is 0. The summed E-state index contributed by atoms with van der Waals surface area (Å²) in [5.74, 6) is -3.21. The van der Waals surface area contributed by atoms with Gasteiger partial charge < -0.3 is 9.15 Å². The summed E-state index contributed by atoms with van der Waals surface area (Å²) in [5.41, 5.74) is -1.17. The highest BCUT2D eigenvalue weighted by molar-refractivity contribution is 7.92. The molecule has 0 saturated carbocycles. The molecule has 124 valence electrons. The van der Waals surface area contributed by atoms with Gasteiger partial charge >= 0.3 is 5.97 Å².